The Morgan fingerprint density at radius 3 is 2.09 bits per heavy atom. The average Bonchev–Trinajstić information content (AvgIpc) is 2.52. The summed E-state index contributed by atoms with van der Waals surface area (Å²) < 4.78 is 15.5. The van der Waals surface area contributed by atoms with Crippen molar-refractivity contribution in [3.05, 3.63) is 0 Å². The second-order valence-corrected chi connectivity index (χ2v) is 5.86. The Hall–Kier alpha value is -0.400. The highest BCUT2D eigenvalue weighted by Crippen LogP contribution is 2.25. The molecule has 0 aromatic carbocycles. The Balaban J connectivity index is 1.96. The van der Waals surface area contributed by atoms with E-state index < -0.39 is 67.8 Å². The van der Waals surface area contributed by atoms with Crippen LogP contribution in [0.5, 0.6) is 0 Å². The van der Waals surface area contributed by atoms with Crippen LogP contribution in [0.2, 0.25) is 0 Å². The van der Waals surface area contributed by atoms with Crippen molar-refractivity contribution >= 4 is 0 Å². The topological polar surface area (TPSA) is 172 Å². The van der Waals surface area contributed by atoms with Crippen molar-refractivity contribution in [3.63, 3.8) is 0 Å². The third-order valence-corrected chi connectivity index (χ3v) is 4.22. The van der Waals surface area contributed by atoms with Crippen molar-refractivity contribution < 1.29 is 50.0 Å². The molecule has 0 saturated carbocycles. The first-order chi connectivity index (χ1) is 10.8. The van der Waals surface area contributed by atoms with E-state index in [0.29, 0.717) is 0 Å². The van der Waals surface area contributed by atoms with Crippen LogP contribution in [0.25, 0.3) is 0 Å². The third-order valence-electron chi connectivity index (χ3n) is 4.22. The predicted molar refractivity (Wildman–Crippen MR) is 69.9 cm³/mol. The molecule has 23 heavy (non-hydrogen) atoms. The second-order valence-electron chi connectivity index (χ2n) is 5.86. The molecule has 2 aliphatic rings. The van der Waals surface area contributed by atoms with Gasteiger partial charge in [0, 0.05) is 6.29 Å². The zero-order valence-electron chi connectivity index (χ0n) is 12.5. The molecular formula is C13H23O10-. The van der Waals surface area contributed by atoms with Crippen LogP contribution >= 0.6 is 0 Å². The lowest BCUT2D eigenvalue weighted by molar-refractivity contribution is -0.531. The lowest BCUT2D eigenvalue weighted by Crippen LogP contribution is -2.63. The van der Waals surface area contributed by atoms with Crippen molar-refractivity contribution in [3.8, 4) is 0 Å². The number of ether oxygens (including phenoxy) is 3. The summed E-state index contributed by atoms with van der Waals surface area (Å²) in [5.74, 6) is 0. The monoisotopic (exact) mass is 339 g/mol. The predicted octanol–water partition coefficient (Wildman–Crippen LogP) is -4.96. The van der Waals surface area contributed by atoms with Gasteiger partial charge in [-0.3, -0.25) is 0 Å². The van der Waals surface area contributed by atoms with E-state index >= 15 is 0 Å². The van der Waals surface area contributed by atoms with Crippen LogP contribution < -0.4 is 5.11 Å². The zero-order valence-corrected chi connectivity index (χ0v) is 12.5. The zero-order chi connectivity index (χ0) is 17.3. The minimum Gasteiger partial charge on any atom is -0.829 e. The molecule has 136 valence electrons. The van der Waals surface area contributed by atoms with Crippen LogP contribution in [0.1, 0.15) is 6.92 Å². The molecule has 6 N–H and O–H groups in total. The highest BCUT2D eigenvalue weighted by atomic mass is 16.6. The smallest absolute Gasteiger partial charge is 0.112 e. The number of hydrogen-bond acceptors (Lipinski definition) is 10. The molecule has 2 saturated heterocycles. The molecule has 2 aliphatic heterocycles. The van der Waals surface area contributed by atoms with Gasteiger partial charge >= 0.3 is 0 Å². The van der Waals surface area contributed by atoms with Crippen molar-refractivity contribution in [2.45, 2.75) is 68.1 Å². The first-order valence-electron chi connectivity index (χ1n) is 7.37. The summed E-state index contributed by atoms with van der Waals surface area (Å²) in [4.78, 5) is 0. The fraction of sp³-hybridized carbons (Fsp3) is 1.00. The molecule has 10 nitrogen and oxygen atoms in total. The van der Waals surface area contributed by atoms with Gasteiger partial charge in [-0.1, -0.05) is 0 Å². The molecule has 2 fully saturated rings. The van der Waals surface area contributed by atoms with Crippen molar-refractivity contribution in [2.24, 2.45) is 0 Å². The van der Waals surface area contributed by atoms with Gasteiger partial charge in [-0.15, -0.1) is 0 Å². The van der Waals surface area contributed by atoms with E-state index in [9.17, 15) is 30.6 Å². The highest BCUT2D eigenvalue weighted by Gasteiger charge is 2.45. The summed E-state index contributed by atoms with van der Waals surface area (Å²) in [5.41, 5.74) is 0. The lowest BCUT2D eigenvalue weighted by atomic mass is 9.95. The molecule has 0 aromatic heterocycles. The fourth-order valence-electron chi connectivity index (χ4n) is 2.76. The molecule has 2 heterocycles. The first-order valence-corrected chi connectivity index (χ1v) is 7.37. The van der Waals surface area contributed by atoms with Crippen molar-refractivity contribution in [1.82, 2.24) is 0 Å². The SMILES string of the molecule is C[C@@H]1O[C@@H]([O-])[C@H](O)[C@H](O)[C@H]1OC[C@H]1O[C@H](CO)[C@@H](O)[C@H](O)[C@H]1O. The molecule has 0 amide bonds. The van der Waals surface area contributed by atoms with Gasteiger partial charge in [-0.2, -0.15) is 0 Å². The Bertz CT molecular complexity index is 380. The maximum atomic E-state index is 11.3. The molecule has 0 aromatic rings. The second kappa shape index (κ2) is 7.66. The van der Waals surface area contributed by atoms with Gasteiger partial charge in [0.2, 0.25) is 0 Å². The van der Waals surface area contributed by atoms with E-state index in [1.807, 2.05) is 0 Å². The van der Waals surface area contributed by atoms with Gasteiger partial charge in [0.1, 0.15) is 42.7 Å². The maximum Gasteiger partial charge on any atom is 0.112 e. The summed E-state index contributed by atoms with van der Waals surface area (Å²) >= 11 is 0. The maximum absolute atomic E-state index is 11.3. The fourth-order valence-corrected chi connectivity index (χ4v) is 2.76. The van der Waals surface area contributed by atoms with Crippen LogP contribution in [0.3, 0.4) is 0 Å². The standard InChI is InChI=1S/C13H23O10/c1-4-12(10(18)11(19)13(20)22-4)21-3-6-8(16)9(17)7(15)5(2-14)23-6/h4-19H,2-3H2,1H3/q-1/t4-,5+,6+,7+,8-,9-,10-,11+,12-,13+/m0/s1. The number of rotatable bonds is 4. The molecule has 2 rings (SSSR count). The van der Waals surface area contributed by atoms with E-state index in [2.05, 4.69) is 0 Å². The Morgan fingerprint density at radius 2 is 1.48 bits per heavy atom. The first kappa shape index (κ1) is 18.9. The summed E-state index contributed by atoms with van der Waals surface area (Å²) in [6.07, 6.45) is -13.4. The molecule has 0 spiro atoms. The van der Waals surface area contributed by atoms with E-state index in [1.165, 1.54) is 6.92 Å². The molecule has 10 heteroatoms. The Kier molecular flexibility index (Phi) is 6.30. The highest BCUT2D eigenvalue weighted by molar-refractivity contribution is 4.93. The van der Waals surface area contributed by atoms with E-state index in [0.717, 1.165) is 0 Å². The largest absolute Gasteiger partial charge is 0.829 e. The Labute approximate surface area is 132 Å². The minimum atomic E-state index is -1.79. The normalized spacial score (nSPS) is 51.7. The van der Waals surface area contributed by atoms with E-state index in [1.54, 1.807) is 0 Å². The molecule has 0 unspecified atom stereocenters. The third kappa shape index (κ3) is 3.82. The van der Waals surface area contributed by atoms with Gasteiger partial charge in [0.15, 0.2) is 0 Å². The lowest BCUT2D eigenvalue weighted by Gasteiger charge is -2.45. The summed E-state index contributed by atoms with van der Waals surface area (Å²) in [7, 11) is 0. The number of aliphatic hydroxyl groups is 6. The molecular weight excluding hydrogens is 316 g/mol. The quantitative estimate of drug-likeness (QED) is 0.291. The number of hydrogen-bond donors (Lipinski definition) is 6. The summed E-state index contributed by atoms with van der Waals surface area (Å²) in [6.45, 7) is 0.606. The van der Waals surface area contributed by atoms with Crippen LogP contribution in [-0.4, -0.2) is 105 Å². The molecule has 0 aliphatic carbocycles. The van der Waals surface area contributed by atoms with Crippen LogP contribution in [-0.2, 0) is 14.2 Å². The van der Waals surface area contributed by atoms with Gasteiger partial charge in [0.05, 0.1) is 25.4 Å². The van der Waals surface area contributed by atoms with E-state index in [4.69, 9.17) is 19.3 Å². The molecule has 0 radical (unpaired) electrons. The summed E-state index contributed by atoms with van der Waals surface area (Å²) in [5, 5.41) is 69.1. The number of aliphatic hydroxyl groups excluding tert-OH is 6. The van der Waals surface area contributed by atoms with Crippen LogP contribution in [0.4, 0.5) is 0 Å². The van der Waals surface area contributed by atoms with Gasteiger partial charge in [-0.25, -0.2) is 0 Å². The van der Waals surface area contributed by atoms with Crippen LogP contribution in [0.15, 0.2) is 0 Å². The van der Waals surface area contributed by atoms with Crippen LogP contribution in [0, 0.1) is 0 Å². The minimum absolute atomic E-state index is 0.312. The van der Waals surface area contributed by atoms with Gasteiger partial charge < -0.3 is 50.0 Å². The Morgan fingerprint density at radius 1 is 0.870 bits per heavy atom. The molecule has 10 atom stereocenters. The molecule has 0 bridgehead atoms. The van der Waals surface area contributed by atoms with Gasteiger partial charge in [0.25, 0.3) is 0 Å². The van der Waals surface area contributed by atoms with Crippen molar-refractivity contribution in [2.75, 3.05) is 13.2 Å². The average molecular weight is 339 g/mol. The van der Waals surface area contributed by atoms with E-state index in [-0.39, 0.29) is 6.61 Å². The van der Waals surface area contributed by atoms with Gasteiger partial charge in [-0.05, 0) is 6.92 Å². The summed E-state index contributed by atoms with van der Waals surface area (Å²) in [6, 6.07) is 0. The van der Waals surface area contributed by atoms with Crippen molar-refractivity contribution in [1.29, 1.82) is 0 Å².